The number of pyridine rings is 1. The number of carbonyl (C=O) groups excluding carboxylic acids is 2. The van der Waals surface area contributed by atoms with Crippen LogP contribution in [0.15, 0.2) is 106 Å². The monoisotopic (exact) mass is 782 g/mol. The first-order valence-corrected chi connectivity index (χ1v) is 17.2. The van der Waals surface area contributed by atoms with Crippen molar-refractivity contribution < 1.29 is 27.9 Å². The summed E-state index contributed by atoms with van der Waals surface area (Å²) in [5.41, 5.74) is -0.216. The maximum Gasteiger partial charge on any atom is 0.417 e. The van der Waals surface area contributed by atoms with E-state index >= 15 is 4.79 Å². The first kappa shape index (κ1) is 34.8. The molecular formula is C36H24Cl3F3N6O5. The number of hydrogen-bond acceptors (Lipinski definition) is 7. The van der Waals surface area contributed by atoms with Gasteiger partial charge in [-0.05, 0) is 65.6 Å². The average Bonchev–Trinajstić information content (AvgIpc) is 3.50. The summed E-state index contributed by atoms with van der Waals surface area (Å²) in [6.45, 7) is -0.0809. The largest absolute Gasteiger partial charge is 0.508 e. The number of anilines is 1. The normalized spacial score (nSPS) is 22.3. The van der Waals surface area contributed by atoms with Gasteiger partial charge in [0.25, 0.3) is 11.8 Å². The summed E-state index contributed by atoms with van der Waals surface area (Å²) in [5.74, 6) is -4.58. The molecule has 4 atom stereocenters. The number of phenols is 1. The number of nitrogens with zero attached hydrogens (tertiary/aromatic N) is 5. The number of carbonyl (C=O) groups is 2. The van der Waals surface area contributed by atoms with E-state index in [4.69, 9.17) is 34.8 Å². The van der Waals surface area contributed by atoms with E-state index in [1.165, 1.54) is 27.6 Å². The van der Waals surface area contributed by atoms with Gasteiger partial charge in [0.05, 0.1) is 40.2 Å². The quantitative estimate of drug-likeness (QED) is 0.154. The second kappa shape index (κ2) is 12.4. The molecule has 270 valence electrons. The van der Waals surface area contributed by atoms with Crippen LogP contribution in [0.2, 0.25) is 15.1 Å². The van der Waals surface area contributed by atoms with Gasteiger partial charge in [-0.2, -0.15) is 18.2 Å². The Bertz CT molecular complexity index is 2500. The maximum absolute atomic E-state index is 15.2. The van der Waals surface area contributed by atoms with Gasteiger partial charge in [-0.25, -0.2) is 28.5 Å². The number of benzene rings is 3. The zero-order valence-corrected chi connectivity index (χ0v) is 29.2. The number of allylic oxidation sites excluding steroid dienone is 2. The SMILES string of the molecule is O=C1C2CC3C(=CCn4c(=O)n(-c5ccccc5)c(=O)n43)C(c3ccc(O)cc3Cl)C2(c2ccc(Cl)cc2)C(=O)N1Nc1ncc(C(F)(F)F)cc1Cl. The molecular weight excluding hydrogens is 760 g/mol. The lowest BCUT2D eigenvalue weighted by Crippen LogP contribution is -2.53. The van der Waals surface area contributed by atoms with E-state index < -0.39 is 69.1 Å². The van der Waals surface area contributed by atoms with E-state index in [0.29, 0.717) is 44.7 Å². The second-order valence-corrected chi connectivity index (χ2v) is 14.1. The Morgan fingerprint density at radius 1 is 0.887 bits per heavy atom. The highest BCUT2D eigenvalue weighted by molar-refractivity contribution is 6.33. The van der Waals surface area contributed by atoms with Gasteiger partial charge in [-0.1, -0.05) is 77.3 Å². The number of para-hydroxylation sites is 1. The number of phenolic OH excluding ortho intramolecular Hbond substituents is 1. The Morgan fingerprint density at radius 3 is 2.26 bits per heavy atom. The molecule has 0 bridgehead atoms. The fraction of sp³-hybridized carbons (Fsp3) is 0.194. The summed E-state index contributed by atoms with van der Waals surface area (Å²) in [6, 6.07) is 18.4. The molecule has 1 saturated heterocycles. The maximum atomic E-state index is 15.2. The lowest BCUT2D eigenvalue weighted by molar-refractivity contribution is -0.139. The van der Waals surface area contributed by atoms with E-state index in [1.807, 2.05) is 0 Å². The van der Waals surface area contributed by atoms with Crippen molar-refractivity contribution in [2.24, 2.45) is 5.92 Å². The van der Waals surface area contributed by atoms with Gasteiger partial charge in [-0.3, -0.25) is 15.0 Å². The van der Waals surface area contributed by atoms with Crippen LogP contribution in [0, 0.1) is 5.92 Å². The lowest BCUT2D eigenvalue weighted by Gasteiger charge is -2.49. The Kier molecular flexibility index (Phi) is 8.13. The molecule has 0 spiro atoms. The minimum atomic E-state index is -4.76. The predicted molar refractivity (Wildman–Crippen MR) is 188 cm³/mol. The highest BCUT2D eigenvalue weighted by atomic mass is 35.5. The number of rotatable bonds is 5. The van der Waals surface area contributed by atoms with E-state index in [9.17, 15) is 32.7 Å². The van der Waals surface area contributed by atoms with E-state index in [-0.39, 0.29) is 23.7 Å². The van der Waals surface area contributed by atoms with Crippen molar-refractivity contribution in [1.82, 2.24) is 23.9 Å². The van der Waals surface area contributed by atoms with Crippen LogP contribution >= 0.6 is 34.8 Å². The topological polar surface area (TPSA) is 131 Å². The van der Waals surface area contributed by atoms with Gasteiger partial charge in [0, 0.05) is 22.2 Å². The predicted octanol–water partition coefficient (Wildman–Crippen LogP) is 6.50. The van der Waals surface area contributed by atoms with Crippen LogP contribution in [0.5, 0.6) is 5.75 Å². The molecule has 11 nitrogen and oxygen atoms in total. The van der Waals surface area contributed by atoms with Gasteiger partial charge in [0.15, 0.2) is 5.82 Å². The molecule has 5 aromatic rings. The van der Waals surface area contributed by atoms with Crippen LogP contribution in [0.25, 0.3) is 5.69 Å². The average molecular weight is 784 g/mol. The minimum absolute atomic E-state index is 0.0416. The van der Waals surface area contributed by atoms with Crippen LogP contribution < -0.4 is 16.8 Å². The molecule has 17 heteroatoms. The summed E-state index contributed by atoms with van der Waals surface area (Å²) >= 11 is 19.4. The Labute approximate surface area is 312 Å². The second-order valence-electron chi connectivity index (χ2n) is 12.8. The number of nitrogens with one attached hydrogen (secondary N) is 1. The summed E-state index contributed by atoms with van der Waals surface area (Å²) < 4.78 is 43.9. The van der Waals surface area contributed by atoms with Crippen LogP contribution in [0.4, 0.5) is 19.0 Å². The number of fused-ring (bicyclic) bond motifs is 4. The molecule has 2 N–H and O–H groups in total. The number of alkyl halides is 3. The molecule has 1 aliphatic carbocycles. The van der Waals surface area contributed by atoms with Gasteiger partial charge in [0.1, 0.15) is 5.75 Å². The highest BCUT2D eigenvalue weighted by Crippen LogP contribution is 2.62. The van der Waals surface area contributed by atoms with Crippen molar-refractivity contribution in [3.63, 3.8) is 0 Å². The summed E-state index contributed by atoms with van der Waals surface area (Å²) in [4.78, 5) is 61.7. The zero-order valence-electron chi connectivity index (χ0n) is 26.9. The van der Waals surface area contributed by atoms with Crippen molar-refractivity contribution in [2.75, 3.05) is 5.43 Å². The number of imide groups is 1. The molecule has 0 radical (unpaired) electrons. The summed E-state index contributed by atoms with van der Waals surface area (Å²) in [7, 11) is 0. The molecule has 4 unspecified atom stereocenters. The molecule has 2 fully saturated rings. The third kappa shape index (κ3) is 5.22. The van der Waals surface area contributed by atoms with Crippen molar-refractivity contribution in [3.05, 3.63) is 149 Å². The molecule has 3 aromatic carbocycles. The Hall–Kier alpha value is -5.31. The molecule has 53 heavy (non-hydrogen) atoms. The van der Waals surface area contributed by atoms with Crippen LogP contribution in [-0.4, -0.2) is 40.8 Å². The van der Waals surface area contributed by atoms with Crippen LogP contribution in [-0.2, 0) is 27.7 Å². The Morgan fingerprint density at radius 2 is 1.60 bits per heavy atom. The van der Waals surface area contributed by atoms with Crippen LogP contribution in [0.3, 0.4) is 0 Å². The summed E-state index contributed by atoms with van der Waals surface area (Å²) in [5, 5.41) is 10.9. The first-order valence-electron chi connectivity index (χ1n) is 16.1. The van der Waals surface area contributed by atoms with Gasteiger partial charge in [-0.15, -0.1) is 0 Å². The van der Waals surface area contributed by atoms with E-state index in [0.717, 1.165) is 4.57 Å². The molecule has 2 amide bonds. The number of hydrogen-bond donors (Lipinski definition) is 2. The molecule has 2 aromatic heterocycles. The number of halogens is 6. The standard InChI is InChI=1S/C36H24Cl3F3N6O5/c37-20-8-6-18(7-9-20)35-25(31(50)47(32(35)51)44-30-27(39)14-19(17-43-30)36(40,41)42)16-28-24(29(35)23-11-10-22(49)15-26(23)38)12-13-45-33(52)46(34(53)48(28)45)21-4-2-1-3-5-21/h1-12,14-15,17,25,28-29,49H,13,16H2,(H,43,44). The van der Waals surface area contributed by atoms with Crippen LogP contribution in [0.1, 0.15) is 35.1 Å². The highest BCUT2D eigenvalue weighted by Gasteiger charge is 2.69. The van der Waals surface area contributed by atoms with Crippen molar-refractivity contribution in [1.29, 1.82) is 0 Å². The number of aromatic hydroxyl groups is 1. The fourth-order valence-corrected chi connectivity index (χ4v) is 8.56. The third-order valence-electron chi connectivity index (χ3n) is 10.1. The van der Waals surface area contributed by atoms with E-state index in [1.54, 1.807) is 60.7 Å². The molecule has 3 aliphatic rings. The van der Waals surface area contributed by atoms with Crippen molar-refractivity contribution >= 4 is 52.4 Å². The number of aromatic nitrogens is 4. The van der Waals surface area contributed by atoms with E-state index in [2.05, 4.69) is 10.4 Å². The van der Waals surface area contributed by atoms with Crippen molar-refractivity contribution in [3.8, 4) is 11.4 Å². The van der Waals surface area contributed by atoms with Crippen molar-refractivity contribution in [2.45, 2.75) is 36.5 Å². The third-order valence-corrected chi connectivity index (χ3v) is 11.0. The molecule has 8 rings (SSSR count). The summed E-state index contributed by atoms with van der Waals surface area (Å²) in [6.07, 6.45) is -2.69. The van der Waals surface area contributed by atoms with Gasteiger partial charge < -0.3 is 5.11 Å². The first-order chi connectivity index (χ1) is 25.2. The van der Waals surface area contributed by atoms with Gasteiger partial charge >= 0.3 is 17.6 Å². The zero-order chi connectivity index (χ0) is 37.6. The molecule has 1 saturated carbocycles. The Balaban J connectivity index is 1.36. The number of amides is 2. The number of hydrazine groups is 1. The molecule has 4 heterocycles. The van der Waals surface area contributed by atoms with Gasteiger partial charge in [0.2, 0.25) is 0 Å². The fourth-order valence-electron chi connectivity index (χ4n) is 7.94. The lowest BCUT2D eigenvalue weighted by atomic mass is 9.53. The smallest absolute Gasteiger partial charge is 0.417 e. The molecule has 2 aliphatic heterocycles. The minimum Gasteiger partial charge on any atom is -0.508 e.